The summed E-state index contributed by atoms with van der Waals surface area (Å²) in [5.41, 5.74) is 0.800. The van der Waals surface area contributed by atoms with Crippen molar-refractivity contribution < 1.29 is 4.79 Å². The van der Waals surface area contributed by atoms with Crippen LogP contribution in [0.1, 0.15) is 5.56 Å². The Hall–Kier alpha value is -1.39. The molecule has 0 atom stereocenters. The van der Waals surface area contributed by atoms with Crippen LogP contribution in [0.2, 0.25) is 5.02 Å². The Morgan fingerprint density at radius 3 is 2.72 bits per heavy atom. The second-order valence-electron chi connectivity index (χ2n) is 3.68. The monoisotopic (exact) mass is 324 g/mol. The number of aromatic nitrogens is 1. The van der Waals surface area contributed by atoms with Crippen molar-refractivity contribution in [2.24, 2.45) is 0 Å². The fraction of sp³-hybridized carbons (Fsp3) is 0.0769. The molecule has 0 fully saturated rings. The van der Waals surface area contributed by atoms with Crippen LogP contribution in [0.4, 0.5) is 5.82 Å². The zero-order chi connectivity index (χ0) is 13.0. The molecule has 3 nitrogen and oxygen atoms in total. The second-order valence-corrected chi connectivity index (χ2v) is 5.00. The van der Waals surface area contributed by atoms with Gasteiger partial charge in [0, 0.05) is 15.7 Å². The average molecular weight is 326 g/mol. The number of amides is 1. The van der Waals surface area contributed by atoms with E-state index in [4.69, 9.17) is 11.6 Å². The third-order valence-electron chi connectivity index (χ3n) is 2.30. The van der Waals surface area contributed by atoms with Gasteiger partial charge in [-0.25, -0.2) is 4.98 Å². The van der Waals surface area contributed by atoms with Crippen LogP contribution < -0.4 is 5.32 Å². The van der Waals surface area contributed by atoms with Crippen LogP contribution >= 0.6 is 27.5 Å². The molecule has 2 rings (SSSR count). The van der Waals surface area contributed by atoms with Gasteiger partial charge in [-0.1, -0.05) is 29.8 Å². The van der Waals surface area contributed by atoms with E-state index < -0.39 is 0 Å². The molecular weight excluding hydrogens is 316 g/mol. The molecule has 0 bridgehead atoms. The van der Waals surface area contributed by atoms with Gasteiger partial charge in [-0.15, -0.1) is 0 Å². The van der Waals surface area contributed by atoms with E-state index in [0.29, 0.717) is 10.8 Å². The minimum Gasteiger partial charge on any atom is -0.310 e. The maximum atomic E-state index is 11.8. The number of hydrogen-bond acceptors (Lipinski definition) is 2. The van der Waals surface area contributed by atoms with E-state index in [1.807, 2.05) is 24.3 Å². The Balaban J connectivity index is 2.01. The molecule has 5 heteroatoms. The predicted octanol–water partition coefficient (Wildman–Crippen LogP) is 3.68. The van der Waals surface area contributed by atoms with Crippen molar-refractivity contribution in [3.05, 3.63) is 57.7 Å². The van der Waals surface area contributed by atoms with Gasteiger partial charge in [0.05, 0.1) is 6.42 Å². The van der Waals surface area contributed by atoms with E-state index in [-0.39, 0.29) is 12.3 Å². The first-order valence-electron chi connectivity index (χ1n) is 5.30. The van der Waals surface area contributed by atoms with Crippen LogP contribution in [0.15, 0.2) is 47.1 Å². The zero-order valence-electron chi connectivity index (χ0n) is 9.36. The number of nitrogens with one attached hydrogen (secondary N) is 1. The van der Waals surface area contributed by atoms with Crippen molar-refractivity contribution in [3.63, 3.8) is 0 Å². The van der Waals surface area contributed by atoms with Crippen molar-refractivity contribution in [1.82, 2.24) is 4.98 Å². The van der Waals surface area contributed by atoms with Crippen LogP contribution in [0, 0.1) is 0 Å². The van der Waals surface area contributed by atoms with Crippen molar-refractivity contribution in [2.45, 2.75) is 6.42 Å². The molecule has 0 spiro atoms. The number of carbonyl (C=O) groups is 1. The number of halogens is 2. The van der Waals surface area contributed by atoms with Crippen molar-refractivity contribution in [2.75, 3.05) is 5.32 Å². The molecule has 1 aromatic heterocycles. The quantitative estimate of drug-likeness (QED) is 0.935. The summed E-state index contributed by atoms with van der Waals surface area (Å²) in [5.74, 6) is 0.383. The third kappa shape index (κ3) is 3.55. The third-order valence-corrected chi connectivity index (χ3v) is 3.14. The van der Waals surface area contributed by atoms with Crippen molar-refractivity contribution in [3.8, 4) is 0 Å². The molecule has 0 unspecified atom stereocenters. The number of benzene rings is 1. The molecule has 0 radical (unpaired) electrons. The van der Waals surface area contributed by atoms with Crippen LogP contribution in [-0.2, 0) is 11.2 Å². The van der Waals surface area contributed by atoms with Crippen LogP contribution in [0.25, 0.3) is 0 Å². The Bertz CT molecular complexity index is 557. The fourth-order valence-electron chi connectivity index (χ4n) is 1.45. The molecule has 1 heterocycles. The standard InChI is InChI=1S/C13H10BrClN2O/c14-10-5-6-12(16-8-10)17-13(18)7-9-3-1-2-4-11(9)15/h1-6,8H,7H2,(H,16,17,18). The molecule has 92 valence electrons. The fourth-order valence-corrected chi connectivity index (χ4v) is 1.89. The largest absolute Gasteiger partial charge is 0.310 e. The summed E-state index contributed by atoms with van der Waals surface area (Å²) in [5, 5.41) is 3.31. The molecule has 1 amide bonds. The lowest BCUT2D eigenvalue weighted by Crippen LogP contribution is -2.15. The van der Waals surface area contributed by atoms with Gasteiger partial charge in [0.1, 0.15) is 5.82 Å². The molecule has 0 saturated heterocycles. The highest BCUT2D eigenvalue weighted by atomic mass is 79.9. The highest BCUT2D eigenvalue weighted by molar-refractivity contribution is 9.10. The number of hydrogen-bond donors (Lipinski definition) is 1. The summed E-state index contributed by atoms with van der Waals surface area (Å²) >= 11 is 9.27. The number of nitrogens with zero attached hydrogens (tertiary/aromatic N) is 1. The molecular formula is C13H10BrClN2O. The van der Waals surface area contributed by atoms with Gasteiger partial charge in [0.25, 0.3) is 0 Å². The van der Waals surface area contributed by atoms with Gasteiger partial charge < -0.3 is 5.32 Å². The molecule has 0 saturated carbocycles. The van der Waals surface area contributed by atoms with Crippen LogP contribution in [-0.4, -0.2) is 10.9 Å². The Kier molecular flexibility index (Phi) is 4.33. The maximum Gasteiger partial charge on any atom is 0.230 e. The highest BCUT2D eigenvalue weighted by Crippen LogP contribution is 2.16. The molecule has 1 N–H and O–H groups in total. The first-order chi connectivity index (χ1) is 8.65. The number of rotatable bonds is 3. The first kappa shape index (κ1) is 13.1. The Labute approximate surface area is 118 Å². The number of pyridine rings is 1. The average Bonchev–Trinajstić information content (AvgIpc) is 2.35. The summed E-state index contributed by atoms with van der Waals surface area (Å²) < 4.78 is 0.867. The SMILES string of the molecule is O=C(Cc1ccccc1Cl)Nc1ccc(Br)cn1. The molecule has 1 aromatic carbocycles. The van der Waals surface area contributed by atoms with Gasteiger partial charge >= 0.3 is 0 Å². The van der Waals surface area contributed by atoms with E-state index in [9.17, 15) is 4.79 Å². The van der Waals surface area contributed by atoms with Gasteiger partial charge in [-0.3, -0.25) is 4.79 Å². The Morgan fingerprint density at radius 2 is 2.06 bits per heavy atom. The first-order valence-corrected chi connectivity index (χ1v) is 6.47. The summed E-state index contributed by atoms with van der Waals surface area (Å²) in [4.78, 5) is 15.9. The van der Waals surface area contributed by atoms with Gasteiger partial charge in [0.15, 0.2) is 0 Å². The van der Waals surface area contributed by atoms with E-state index in [0.717, 1.165) is 10.0 Å². The van der Waals surface area contributed by atoms with E-state index in [1.165, 1.54) is 0 Å². The Morgan fingerprint density at radius 1 is 1.28 bits per heavy atom. The smallest absolute Gasteiger partial charge is 0.230 e. The minimum atomic E-state index is -0.141. The normalized spacial score (nSPS) is 10.1. The van der Waals surface area contributed by atoms with Gasteiger partial charge in [-0.05, 0) is 39.7 Å². The van der Waals surface area contributed by atoms with E-state index in [2.05, 4.69) is 26.2 Å². The summed E-state index contributed by atoms with van der Waals surface area (Å²) in [6.45, 7) is 0. The topological polar surface area (TPSA) is 42.0 Å². The van der Waals surface area contributed by atoms with Crippen molar-refractivity contribution >= 4 is 39.3 Å². The summed E-state index contributed by atoms with van der Waals surface area (Å²) in [7, 11) is 0. The summed E-state index contributed by atoms with van der Waals surface area (Å²) in [6.07, 6.45) is 1.86. The lowest BCUT2D eigenvalue weighted by atomic mass is 10.1. The van der Waals surface area contributed by atoms with Crippen LogP contribution in [0.3, 0.4) is 0 Å². The zero-order valence-corrected chi connectivity index (χ0v) is 11.7. The molecule has 0 aliphatic carbocycles. The molecule has 0 aliphatic heterocycles. The lowest BCUT2D eigenvalue weighted by Gasteiger charge is -2.05. The van der Waals surface area contributed by atoms with Crippen LogP contribution in [0.5, 0.6) is 0 Å². The number of carbonyl (C=O) groups excluding carboxylic acids is 1. The molecule has 0 aliphatic rings. The van der Waals surface area contributed by atoms with Gasteiger partial charge in [0.2, 0.25) is 5.91 Å². The summed E-state index contributed by atoms with van der Waals surface area (Å²) in [6, 6.07) is 10.8. The lowest BCUT2D eigenvalue weighted by molar-refractivity contribution is -0.115. The maximum absolute atomic E-state index is 11.8. The molecule has 18 heavy (non-hydrogen) atoms. The van der Waals surface area contributed by atoms with E-state index >= 15 is 0 Å². The van der Waals surface area contributed by atoms with Gasteiger partial charge in [-0.2, -0.15) is 0 Å². The predicted molar refractivity (Wildman–Crippen MR) is 75.7 cm³/mol. The molecule has 2 aromatic rings. The number of anilines is 1. The highest BCUT2D eigenvalue weighted by Gasteiger charge is 2.07. The second kappa shape index (κ2) is 5.98. The van der Waals surface area contributed by atoms with E-state index in [1.54, 1.807) is 18.3 Å². The van der Waals surface area contributed by atoms with Crippen molar-refractivity contribution in [1.29, 1.82) is 0 Å². The minimum absolute atomic E-state index is 0.141.